The van der Waals surface area contributed by atoms with Crippen LogP contribution < -0.4 is 16.0 Å². The fourth-order valence-corrected chi connectivity index (χ4v) is 6.90. The molecule has 11 heteroatoms. The first kappa shape index (κ1) is 34.6. The van der Waals surface area contributed by atoms with Crippen LogP contribution >= 0.6 is 0 Å². The minimum atomic E-state index is -0.774. The zero-order valence-corrected chi connectivity index (χ0v) is 28.7. The summed E-state index contributed by atoms with van der Waals surface area (Å²) in [6.45, 7) is 5.33. The van der Waals surface area contributed by atoms with Crippen LogP contribution in [-0.2, 0) is 47.2 Å². The molecule has 2 heterocycles. The van der Waals surface area contributed by atoms with Gasteiger partial charge in [-0.15, -0.1) is 0 Å². The second kappa shape index (κ2) is 15.9. The van der Waals surface area contributed by atoms with E-state index in [4.69, 9.17) is 0 Å². The van der Waals surface area contributed by atoms with Crippen molar-refractivity contribution < 1.29 is 19.2 Å². The number of fused-ring (bicyclic) bond motifs is 1. The Bertz CT molecular complexity index is 1770. The van der Waals surface area contributed by atoms with Gasteiger partial charge in [-0.1, -0.05) is 73.7 Å². The van der Waals surface area contributed by atoms with Gasteiger partial charge in [-0.05, 0) is 59.2 Å². The maximum atomic E-state index is 13.8. The average Bonchev–Trinajstić information content (AvgIpc) is 3.77. The van der Waals surface area contributed by atoms with Gasteiger partial charge in [-0.2, -0.15) is 5.10 Å². The van der Waals surface area contributed by atoms with Crippen molar-refractivity contribution in [1.29, 1.82) is 0 Å². The Hall–Kier alpha value is -5.29. The molecule has 1 saturated heterocycles. The normalized spacial score (nSPS) is 15.9. The van der Waals surface area contributed by atoms with E-state index in [1.165, 1.54) is 21.4 Å². The standard InChI is InChI=1S/C39H45N7O4/c1-3-35(47)42-33(39(50)46-21-19-45(20-22-46)26-28-9-5-4-6-10-28)23-27-13-15-32(16-14-27)41-38(49)36(43-37(48)34-17-18-40-44(34)2)31-24-29-11-7-8-12-30(29)25-31/h4-18,31,33,36H,3,19-26H2,1-2H3,(H,41,49)(H,42,47)(H,43,48)/t33-,36+/m1/s1. The molecule has 3 N–H and O–H groups in total. The summed E-state index contributed by atoms with van der Waals surface area (Å²) in [7, 11) is 1.69. The van der Waals surface area contributed by atoms with Gasteiger partial charge in [-0.25, -0.2) is 0 Å². The molecule has 4 amide bonds. The predicted molar refractivity (Wildman–Crippen MR) is 191 cm³/mol. The van der Waals surface area contributed by atoms with Gasteiger partial charge < -0.3 is 20.9 Å². The number of carbonyl (C=O) groups excluding carboxylic acids is 4. The van der Waals surface area contributed by atoms with Crippen LogP contribution in [0.25, 0.3) is 0 Å². The molecule has 0 saturated carbocycles. The van der Waals surface area contributed by atoms with E-state index in [1.807, 2.05) is 47.4 Å². The zero-order chi connectivity index (χ0) is 35.0. The van der Waals surface area contributed by atoms with E-state index in [-0.39, 0.29) is 36.0 Å². The van der Waals surface area contributed by atoms with Gasteiger partial charge in [0.2, 0.25) is 17.7 Å². The monoisotopic (exact) mass is 675 g/mol. The molecule has 0 bridgehead atoms. The van der Waals surface area contributed by atoms with E-state index < -0.39 is 12.1 Å². The van der Waals surface area contributed by atoms with Crippen molar-refractivity contribution in [2.75, 3.05) is 31.5 Å². The van der Waals surface area contributed by atoms with Crippen LogP contribution in [0.4, 0.5) is 5.69 Å². The van der Waals surface area contributed by atoms with Crippen molar-refractivity contribution in [2.24, 2.45) is 13.0 Å². The number of aromatic nitrogens is 2. The lowest BCUT2D eigenvalue weighted by Crippen LogP contribution is -2.55. The Labute approximate surface area is 293 Å². The molecule has 1 fully saturated rings. The van der Waals surface area contributed by atoms with Crippen molar-refractivity contribution in [2.45, 2.75) is 51.2 Å². The van der Waals surface area contributed by atoms with Crippen LogP contribution in [0.1, 0.15) is 46.1 Å². The van der Waals surface area contributed by atoms with Gasteiger partial charge in [0.25, 0.3) is 5.91 Å². The van der Waals surface area contributed by atoms with Gasteiger partial charge in [0.05, 0.1) is 0 Å². The third-order valence-electron chi connectivity index (χ3n) is 9.73. The lowest BCUT2D eigenvalue weighted by Gasteiger charge is -2.36. The molecule has 1 aliphatic carbocycles. The summed E-state index contributed by atoms with van der Waals surface area (Å²) >= 11 is 0. The molecule has 2 aliphatic rings. The average molecular weight is 676 g/mol. The Morgan fingerprint density at radius 2 is 1.46 bits per heavy atom. The topological polar surface area (TPSA) is 129 Å². The van der Waals surface area contributed by atoms with Crippen molar-refractivity contribution in [3.05, 3.63) is 119 Å². The minimum absolute atomic E-state index is 0.0897. The summed E-state index contributed by atoms with van der Waals surface area (Å²) in [5.74, 6) is -1.05. The highest BCUT2D eigenvalue weighted by Crippen LogP contribution is 2.29. The van der Waals surface area contributed by atoms with E-state index in [2.05, 4.69) is 50.2 Å². The molecular weight excluding hydrogens is 630 g/mol. The second-order valence-electron chi connectivity index (χ2n) is 13.2. The number of nitrogens with one attached hydrogen (secondary N) is 3. The second-order valence-corrected chi connectivity index (χ2v) is 13.2. The summed E-state index contributed by atoms with van der Waals surface area (Å²) in [5, 5.41) is 13.0. The molecule has 0 spiro atoms. The molecule has 3 aromatic carbocycles. The highest BCUT2D eigenvalue weighted by atomic mass is 16.2. The molecular formula is C39H45N7O4. The largest absolute Gasteiger partial charge is 0.344 e. The SMILES string of the molecule is CCC(=O)N[C@H](Cc1ccc(NC(=O)[C@@H](NC(=O)c2ccnn2C)C2Cc3ccccc3C2)cc1)C(=O)N1CCN(Cc2ccccc2)CC1. The minimum Gasteiger partial charge on any atom is -0.344 e. The number of piperazine rings is 1. The van der Waals surface area contributed by atoms with Crippen LogP contribution in [0.3, 0.4) is 0 Å². The fourth-order valence-electron chi connectivity index (χ4n) is 6.90. The first-order valence-electron chi connectivity index (χ1n) is 17.4. The molecule has 4 aromatic rings. The molecule has 11 nitrogen and oxygen atoms in total. The van der Waals surface area contributed by atoms with E-state index in [9.17, 15) is 19.2 Å². The van der Waals surface area contributed by atoms with Crippen LogP contribution in [0, 0.1) is 5.92 Å². The number of benzene rings is 3. The number of hydrogen-bond donors (Lipinski definition) is 3. The number of nitrogens with zero attached hydrogens (tertiary/aromatic N) is 4. The summed E-state index contributed by atoms with van der Waals surface area (Å²) in [6.07, 6.45) is 3.52. The summed E-state index contributed by atoms with van der Waals surface area (Å²) in [5.41, 5.74) is 5.41. The van der Waals surface area contributed by atoms with E-state index in [0.29, 0.717) is 43.7 Å². The third-order valence-corrected chi connectivity index (χ3v) is 9.73. The number of hydrogen-bond acceptors (Lipinski definition) is 6. The quantitative estimate of drug-likeness (QED) is 0.211. The maximum absolute atomic E-state index is 13.8. The lowest BCUT2D eigenvalue weighted by molar-refractivity contribution is -0.138. The molecule has 1 aromatic heterocycles. The van der Waals surface area contributed by atoms with Crippen molar-refractivity contribution in [3.63, 3.8) is 0 Å². The smallest absolute Gasteiger partial charge is 0.270 e. The summed E-state index contributed by atoms with van der Waals surface area (Å²) < 4.78 is 1.49. The molecule has 260 valence electrons. The number of aryl methyl sites for hydroxylation is 1. The Morgan fingerprint density at radius 3 is 2.08 bits per heavy atom. The molecule has 50 heavy (non-hydrogen) atoms. The predicted octanol–water partition coefficient (Wildman–Crippen LogP) is 3.35. The van der Waals surface area contributed by atoms with E-state index in [0.717, 1.165) is 25.2 Å². The highest BCUT2D eigenvalue weighted by Gasteiger charge is 2.35. The van der Waals surface area contributed by atoms with Crippen molar-refractivity contribution >= 4 is 29.3 Å². The van der Waals surface area contributed by atoms with E-state index >= 15 is 0 Å². The zero-order valence-electron chi connectivity index (χ0n) is 28.7. The van der Waals surface area contributed by atoms with Crippen molar-refractivity contribution in [1.82, 2.24) is 30.2 Å². The lowest BCUT2D eigenvalue weighted by atomic mass is 9.95. The Morgan fingerprint density at radius 1 is 0.800 bits per heavy atom. The first-order valence-corrected chi connectivity index (χ1v) is 17.4. The van der Waals surface area contributed by atoms with E-state index in [1.54, 1.807) is 38.4 Å². The first-order chi connectivity index (χ1) is 24.3. The summed E-state index contributed by atoms with van der Waals surface area (Å²) in [6, 6.07) is 25.9. The molecule has 1 aliphatic heterocycles. The molecule has 0 radical (unpaired) electrons. The van der Waals surface area contributed by atoms with Gasteiger partial charge in [0, 0.05) is 64.5 Å². The van der Waals surface area contributed by atoms with Gasteiger partial charge in [0.15, 0.2) is 0 Å². The Kier molecular flexibility index (Phi) is 11.0. The van der Waals surface area contributed by atoms with Gasteiger partial charge in [0.1, 0.15) is 17.8 Å². The summed E-state index contributed by atoms with van der Waals surface area (Å²) in [4.78, 5) is 57.4. The van der Waals surface area contributed by atoms with Crippen LogP contribution in [0.5, 0.6) is 0 Å². The number of carbonyl (C=O) groups is 4. The highest BCUT2D eigenvalue weighted by molar-refractivity contribution is 6.00. The number of anilines is 1. The van der Waals surface area contributed by atoms with Crippen LogP contribution in [-0.4, -0.2) is 81.5 Å². The molecule has 2 atom stereocenters. The van der Waals surface area contributed by atoms with Crippen LogP contribution in [0.2, 0.25) is 0 Å². The third kappa shape index (κ3) is 8.46. The fraction of sp³-hybridized carbons (Fsp3) is 0.359. The van der Waals surface area contributed by atoms with Gasteiger partial charge >= 0.3 is 0 Å². The Balaban J connectivity index is 1.09. The maximum Gasteiger partial charge on any atom is 0.270 e. The van der Waals surface area contributed by atoms with Crippen LogP contribution in [0.15, 0.2) is 91.1 Å². The van der Waals surface area contributed by atoms with Gasteiger partial charge in [-0.3, -0.25) is 28.8 Å². The van der Waals surface area contributed by atoms with Crippen molar-refractivity contribution in [3.8, 4) is 0 Å². The molecule has 0 unspecified atom stereocenters. The number of amides is 4. The number of rotatable bonds is 12. The molecule has 6 rings (SSSR count).